The third kappa shape index (κ3) is 11.1. The van der Waals surface area contributed by atoms with Gasteiger partial charge in [0, 0.05) is 89.8 Å². The zero-order valence-corrected chi connectivity index (χ0v) is 54.5. The van der Waals surface area contributed by atoms with Crippen molar-refractivity contribution in [2.75, 3.05) is 19.6 Å². The molecule has 0 saturated heterocycles. The lowest BCUT2D eigenvalue weighted by Crippen LogP contribution is -2.12. The van der Waals surface area contributed by atoms with Crippen LogP contribution in [0.25, 0.3) is 77.2 Å². The third-order valence-electron chi connectivity index (χ3n) is 19.0. The van der Waals surface area contributed by atoms with E-state index in [4.69, 9.17) is 0 Å². The quantitative estimate of drug-likeness (QED) is 0.0962. The molecule has 466 valence electrons. The average molecular weight is 1260 g/mol. The molecule has 0 aliphatic heterocycles. The first kappa shape index (κ1) is 58.9. The van der Waals surface area contributed by atoms with Crippen LogP contribution in [0.4, 0.5) is 68.2 Å². The van der Waals surface area contributed by atoms with E-state index in [0.717, 1.165) is 124 Å². The lowest BCUT2D eigenvalue weighted by Gasteiger charge is -2.29. The van der Waals surface area contributed by atoms with Gasteiger partial charge in [0.05, 0.1) is 33.8 Å². The van der Waals surface area contributed by atoms with E-state index in [-0.39, 0.29) is 0 Å². The van der Waals surface area contributed by atoms with Crippen molar-refractivity contribution in [3.05, 3.63) is 387 Å². The standard InChI is InChI=1S/C92H68N6/c1-65-37-41-69(42-38-65)89-61-71-63-92-72(64-91(71)97(89)83-57-53-81(54-58-83)95(87-35-19-23-67-21-15-17-33-85(67)87)79-49-45-77(46-50-79)93(73-25-7-3-8-26-73)74-27-9-4-10-28-74)62-90(70-43-39-66(2)40-44-70)98(92)84-59-55-82(56-60-84)96(88-36-20-24-68-22-16-18-34-86(68)88)80-51-47-78(48-52-80)94(75-29-11-5-12-30-75)76-31-13-6-14-32-76/h3-64H,1-2H3. The van der Waals surface area contributed by atoms with Gasteiger partial charge >= 0.3 is 0 Å². The van der Waals surface area contributed by atoms with Crippen molar-refractivity contribution in [1.29, 1.82) is 0 Å². The predicted molar refractivity (Wildman–Crippen MR) is 414 cm³/mol. The second-order valence-corrected chi connectivity index (χ2v) is 25.2. The summed E-state index contributed by atoms with van der Waals surface area (Å²) in [5.74, 6) is 0. The Morgan fingerprint density at radius 1 is 0.204 bits per heavy atom. The molecule has 0 aliphatic rings. The average Bonchev–Trinajstić information content (AvgIpc) is 1.55. The molecule has 15 aromatic carbocycles. The Bertz CT molecular complexity index is 5210. The largest absolute Gasteiger partial charge is 0.311 e. The molecule has 17 aromatic rings. The molecule has 0 atom stereocenters. The van der Waals surface area contributed by atoms with Crippen LogP contribution in [0.1, 0.15) is 11.1 Å². The molecule has 0 aliphatic carbocycles. The van der Waals surface area contributed by atoms with Crippen molar-refractivity contribution in [3.63, 3.8) is 0 Å². The van der Waals surface area contributed by atoms with E-state index in [9.17, 15) is 0 Å². The number of fused-ring (bicyclic) bond motifs is 4. The van der Waals surface area contributed by atoms with Crippen molar-refractivity contribution >= 4 is 112 Å². The lowest BCUT2D eigenvalue weighted by molar-refractivity contribution is 1.13. The normalized spacial score (nSPS) is 11.4. The molecule has 0 saturated carbocycles. The Hall–Kier alpha value is -12.9. The van der Waals surface area contributed by atoms with E-state index in [2.05, 4.69) is 419 Å². The van der Waals surface area contributed by atoms with E-state index >= 15 is 0 Å². The fourth-order valence-electron chi connectivity index (χ4n) is 14.2. The summed E-state index contributed by atoms with van der Waals surface area (Å²) >= 11 is 0. The number of para-hydroxylation sites is 4. The summed E-state index contributed by atoms with van der Waals surface area (Å²) in [6.07, 6.45) is 0. The number of aromatic nitrogens is 2. The van der Waals surface area contributed by atoms with Gasteiger partial charge in [-0.1, -0.05) is 205 Å². The molecule has 6 heteroatoms. The SMILES string of the molecule is Cc1ccc(-c2cc3cc4c(cc(-c5ccc(C)cc5)n4-c4ccc(N(c5ccc(N(c6ccccc6)c6ccccc6)cc5)c5cccc6ccccc56)cc4)cc3n2-c2ccc(N(c3ccc(N(c4ccccc4)c4ccccc4)cc3)c3cccc4ccccc34)cc2)cc1. The molecule has 0 N–H and O–H groups in total. The molecular weight excluding hydrogens is 1190 g/mol. The van der Waals surface area contributed by atoms with E-state index < -0.39 is 0 Å². The van der Waals surface area contributed by atoms with Crippen LogP contribution in [0.5, 0.6) is 0 Å². The van der Waals surface area contributed by atoms with Gasteiger partial charge in [-0.3, -0.25) is 0 Å². The summed E-state index contributed by atoms with van der Waals surface area (Å²) in [7, 11) is 0. The van der Waals surface area contributed by atoms with Gasteiger partial charge in [0.25, 0.3) is 0 Å². The Kier molecular flexibility index (Phi) is 15.3. The molecule has 0 fully saturated rings. The summed E-state index contributed by atoms with van der Waals surface area (Å²) in [6, 6.07) is 137. The number of benzene rings is 15. The monoisotopic (exact) mass is 1260 g/mol. The zero-order chi connectivity index (χ0) is 65.5. The topological polar surface area (TPSA) is 22.8 Å². The van der Waals surface area contributed by atoms with Gasteiger partial charge in [-0.2, -0.15) is 0 Å². The summed E-state index contributed by atoms with van der Waals surface area (Å²) < 4.78 is 4.91. The minimum atomic E-state index is 1.05. The molecule has 2 aromatic heterocycles. The van der Waals surface area contributed by atoms with Gasteiger partial charge in [-0.05, 0) is 218 Å². The zero-order valence-electron chi connectivity index (χ0n) is 54.5. The van der Waals surface area contributed by atoms with Crippen molar-refractivity contribution in [3.8, 4) is 33.9 Å². The number of anilines is 12. The highest BCUT2D eigenvalue weighted by Crippen LogP contribution is 2.46. The summed E-state index contributed by atoms with van der Waals surface area (Å²) in [5.41, 5.74) is 24.3. The van der Waals surface area contributed by atoms with E-state index in [1.54, 1.807) is 0 Å². The minimum Gasteiger partial charge on any atom is -0.311 e. The van der Waals surface area contributed by atoms with Crippen LogP contribution in [0.2, 0.25) is 0 Å². The highest BCUT2D eigenvalue weighted by molar-refractivity contribution is 6.04. The first-order valence-electron chi connectivity index (χ1n) is 33.5. The summed E-state index contributed by atoms with van der Waals surface area (Å²) in [5, 5.41) is 7.00. The molecule has 2 heterocycles. The van der Waals surface area contributed by atoms with E-state index in [1.165, 1.54) is 32.7 Å². The van der Waals surface area contributed by atoms with Crippen molar-refractivity contribution in [2.24, 2.45) is 0 Å². The van der Waals surface area contributed by atoms with Gasteiger partial charge < -0.3 is 28.7 Å². The second-order valence-electron chi connectivity index (χ2n) is 25.2. The first-order chi connectivity index (χ1) is 48.4. The van der Waals surface area contributed by atoms with Crippen molar-refractivity contribution < 1.29 is 0 Å². The number of hydrogen-bond donors (Lipinski definition) is 0. The van der Waals surface area contributed by atoms with Gasteiger partial charge in [0.1, 0.15) is 0 Å². The first-order valence-corrected chi connectivity index (χ1v) is 33.5. The Balaban J connectivity index is 0.782. The molecule has 0 unspecified atom stereocenters. The molecule has 17 rings (SSSR count). The fraction of sp³-hybridized carbons (Fsp3) is 0.0217. The van der Waals surface area contributed by atoms with Crippen LogP contribution in [0.15, 0.2) is 376 Å². The van der Waals surface area contributed by atoms with Crippen molar-refractivity contribution in [1.82, 2.24) is 9.13 Å². The second kappa shape index (κ2) is 25.4. The van der Waals surface area contributed by atoms with Crippen LogP contribution in [-0.2, 0) is 0 Å². The molecule has 98 heavy (non-hydrogen) atoms. The van der Waals surface area contributed by atoms with Crippen LogP contribution >= 0.6 is 0 Å². The maximum absolute atomic E-state index is 2.45. The molecule has 0 radical (unpaired) electrons. The fourth-order valence-corrected chi connectivity index (χ4v) is 14.2. The molecule has 0 amide bonds. The Morgan fingerprint density at radius 2 is 0.469 bits per heavy atom. The van der Waals surface area contributed by atoms with Gasteiger partial charge in [0.2, 0.25) is 0 Å². The van der Waals surface area contributed by atoms with Crippen LogP contribution in [0.3, 0.4) is 0 Å². The summed E-state index contributed by atoms with van der Waals surface area (Å²) in [4.78, 5) is 9.42. The molecule has 0 spiro atoms. The van der Waals surface area contributed by atoms with Gasteiger partial charge in [-0.25, -0.2) is 0 Å². The molecule has 6 nitrogen and oxygen atoms in total. The molecule has 0 bridgehead atoms. The number of hydrogen-bond acceptors (Lipinski definition) is 4. The van der Waals surface area contributed by atoms with Gasteiger partial charge in [-0.15, -0.1) is 0 Å². The summed E-state index contributed by atoms with van der Waals surface area (Å²) in [6.45, 7) is 4.31. The van der Waals surface area contributed by atoms with Crippen LogP contribution < -0.4 is 19.6 Å². The maximum Gasteiger partial charge on any atom is 0.0542 e. The van der Waals surface area contributed by atoms with E-state index in [1.807, 2.05) is 0 Å². The minimum absolute atomic E-state index is 1.05. The predicted octanol–water partition coefficient (Wildman–Crippen LogP) is 25.7. The van der Waals surface area contributed by atoms with Crippen LogP contribution in [0, 0.1) is 13.8 Å². The number of rotatable bonds is 16. The molecular formula is C92H68N6. The maximum atomic E-state index is 2.45. The van der Waals surface area contributed by atoms with Crippen molar-refractivity contribution in [2.45, 2.75) is 13.8 Å². The van der Waals surface area contributed by atoms with Gasteiger partial charge in [0.15, 0.2) is 0 Å². The van der Waals surface area contributed by atoms with E-state index in [0.29, 0.717) is 0 Å². The number of aryl methyl sites for hydroxylation is 2. The highest BCUT2D eigenvalue weighted by atomic mass is 15.2. The van der Waals surface area contributed by atoms with Crippen LogP contribution in [-0.4, -0.2) is 9.13 Å². The lowest BCUT2D eigenvalue weighted by atomic mass is 10.1. The smallest absolute Gasteiger partial charge is 0.0542 e. The highest BCUT2D eigenvalue weighted by Gasteiger charge is 2.24. The Labute approximate surface area is 571 Å². The Morgan fingerprint density at radius 3 is 0.796 bits per heavy atom. The third-order valence-corrected chi connectivity index (χ3v) is 19.0. The number of nitrogens with zero attached hydrogens (tertiary/aromatic N) is 6.